The summed E-state index contributed by atoms with van der Waals surface area (Å²) in [7, 11) is 0. The molecule has 0 amide bonds. The van der Waals surface area contributed by atoms with Crippen LogP contribution in [0.25, 0.3) is 0 Å². The molecule has 7 heterocycles. The second kappa shape index (κ2) is 25.1. The van der Waals surface area contributed by atoms with Crippen molar-refractivity contribution in [1.29, 1.82) is 0 Å². The third-order valence-corrected chi connectivity index (χ3v) is 12.1. The second-order valence-electron chi connectivity index (χ2n) is 22.7. The molecule has 0 bridgehead atoms. The number of aromatic hydroxyl groups is 1. The average molecular weight is 1060 g/mol. The SMILES string of the molecule is CC(C)(C)c1coc(=O)[nH]1.CC(C)(C)c1csc(=O)[nH]1.CC(C)(C)c1csc(=O)[nH]1.CC(C)(C)c1n[nH]c(=O)o1.CC(C)(C)c1nc(=O)[nH]o1.CC(C)(C)c1nc(=O)[nH]s1.CC(C)(C)c1nc(O)cs1. The second-order valence-corrected chi connectivity index (χ2v) is 26.1. The van der Waals surface area contributed by atoms with Crippen LogP contribution in [-0.4, -0.2) is 54.7 Å². The third-order valence-electron chi connectivity index (χ3n) is 8.36. The van der Waals surface area contributed by atoms with E-state index >= 15 is 0 Å². The maximum Gasteiger partial charge on any atom is 0.434 e. The van der Waals surface area contributed by atoms with E-state index in [2.05, 4.69) is 116 Å². The van der Waals surface area contributed by atoms with Crippen molar-refractivity contribution in [3.63, 3.8) is 0 Å². The van der Waals surface area contributed by atoms with Crippen molar-refractivity contribution in [3.05, 3.63) is 123 Å². The molecule has 7 aromatic heterocycles. The van der Waals surface area contributed by atoms with E-state index in [0.717, 1.165) is 27.1 Å². The number of rotatable bonds is 0. The van der Waals surface area contributed by atoms with Crippen LogP contribution in [0.5, 0.6) is 5.88 Å². The summed E-state index contributed by atoms with van der Waals surface area (Å²) in [5.41, 5.74) is 1.96. The fraction of sp³-hybridized carbons (Fsp3) is 0.609. The highest BCUT2D eigenvalue weighted by Gasteiger charge is 2.22. The van der Waals surface area contributed by atoms with Gasteiger partial charge in [0.2, 0.25) is 17.7 Å². The Morgan fingerprint density at radius 2 is 0.957 bits per heavy atom. The first-order valence-electron chi connectivity index (χ1n) is 21.9. The molecule has 0 spiro atoms. The van der Waals surface area contributed by atoms with Gasteiger partial charge in [-0.15, -0.1) is 16.4 Å². The zero-order valence-electron chi connectivity index (χ0n) is 44.4. The molecule has 0 saturated heterocycles. The fourth-order valence-electron chi connectivity index (χ4n) is 4.20. The number of nitrogens with zero attached hydrogens (tertiary/aromatic N) is 4. The lowest BCUT2D eigenvalue weighted by molar-refractivity contribution is 0.318. The van der Waals surface area contributed by atoms with Crippen LogP contribution < -0.4 is 32.6 Å². The van der Waals surface area contributed by atoms with Crippen molar-refractivity contribution in [2.24, 2.45) is 0 Å². The molecule has 7 aromatic rings. The summed E-state index contributed by atoms with van der Waals surface area (Å²) in [5.74, 6) is 0.139. The molecule has 0 fully saturated rings. The molecule has 7 rings (SSSR count). The molecule has 0 aliphatic carbocycles. The average Bonchev–Trinajstić information content (AvgIpc) is 4.02. The van der Waals surface area contributed by atoms with Crippen molar-refractivity contribution in [3.8, 4) is 5.88 Å². The molecule has 20 nitrogen and oxygen atoms in total. The summed E-state index contributed by atoms with van der Waals surface area (Å²) < 4.78 is 16.6. The quantitative estimate of drug-likeness (QED) is 0.0744. The van der Waals surface area contributed by atoms with Crippen LogP contribution in [0.15, 0.2) is 64.5 Å². The van der Waals surface area contributed by atoms with E-state index in [1.54, 1.807) is 5.38 Å². The molecule has 0 aliphatic heterocycles. The van der Waals surface area contributed by atoms with E-state index in [-0.39, 0.29) is 65.0 Å². The Kier molecular flexibility index (Phi) is 22.4. The minimum atomic E-state index is -0.495. The zero-order chi connectivity index (χ0) is 54.4. The number of oxazole rings is 1. The van der Waals surface area contributed by atoms with Gasteiger partial charge in [0.1, 0.15) is 16.3 Å². The van der Waals surface area contributed by atoms with E-state index in [1.165, 1.54) is 51.8 Å². The molecule has 0 aliphatic rings. The monoisotopic (exact) mass is 1050 g/mol. The lowest BCUT2D eigenvalue weighted by Gasteiger charge is -2.14. The molecule has 70 heavy (non-hydrogen) atoms. The fourth-order valence-corrected chi connectivity index (χ4v) is 7.24. The summed E-state index contributed by atoms with van der Waals surface area (Å²) >= 11 is 5.24. The van der Waals surface area contributed by atoms with Gasteiger partial charge in [0.15, 0.2) is 0 Å². The molecule has 0 atom stereocenters. The Labute approximate surface area is 423 Å². The predicted molar refractivity (Wildman–Crippen MR) is 281 cm³/mol. The standard InChI is InChI=1S/C7H11NO2.3C7H11NOS.2C6H10N2O2.C6H10N2OS/c1-7(2,3)5-4-10-6(9)8-5;1-7(2,3)6-8-5(9)4-10-6;2*1-7(2,3)5-4-10-6(9)8-5;1-6(2,3)4-7-8-5(9)10-4;2*1-6(2,3)4-7-5(9)8-10-4/h4H,1-3H3,(H,8,9);4,9H,1-3H3;2*4H,1-3H3,(H,8,9);3*1-3H3,(H,8,9). The Morgan fingerprint density at radius 3 is 1.13 bits per heavy atom. The molecule has 0 aromatic carbocycles. The van der Waals surface area contributed by atoms with Crippen molar-refractivity contribution < 1.29 is 18.5 Å². The smallest absolute Gasteiger partial charge is 0.434 e. The number of aromatic nitrogens is 10. The predicted octanol–water partition coefficient (Wildman–Crippen LogP) is 9.33. The molecule has 0 saturated carbocycles. The lowest BCUT2D eigenvalue weighted by atomic mass is 9.93. The van der Waals surface area contributed by atoms with Crippen LogP contribution in [0, 0.1) is 0 Å². The van der Waals surface area contributed by atoms with Crippen LogP contribution in [0.4, 0.5) is 0 Å². The van der Waals surface area contributed by atoms with Crippen LogP contribution >= 0.6 is 45.5 Å². The van der Waals surface area contributed by atoms with E-state index in [1.807, 2.05) is 93.8 Å². The first-order chi connectivity index (χ1) is 31.5. The highest BCUT2D eigenvalue weighted by molar-refractivity contribution is 7.10. The zero-order valence-corrected chi connectivity index (χ0v) is 47.6. The van der Waals surface area contributed by atoms with Gasteiger partial charge in [-0.25, -0.2) is 29.3 Å². The van der Waals surface area contributed by atoms with Crippen LogP contribution in [-0.2, 0) is 37.9 Å². The molecule has 0 radical (unpaired) electrons. The van der Waals surface area contributed by atoms with E-state index in [4.69, 9.17) is 14.0 Å². The third kappa shape index (κ3) is 23.9. The number of hydrogen-bond donors (Lipinski definition) is 7. The molecular weight excluding hydrogens is 981 g/mol. The normalized spacial score (nSPS) is 11.9. The summed E-state index contributed by atoms with van der Waals surface area (Å²) in [6, 6.07) is 0. The van der Waals surface area contributed by atoms with Crippen molar-refractivity contribution in [2.75, 3.05) is 0 Å². The Balaban J connectivity index is 0.000000408. The van der Waals surface area contributed by atoms with E-state index in [9.17, 15) is 28.8 Å². The van der Waals surface area contributed by atoms with Gasteiger partial charge in [-0.3, -0.25) is 18.9 Å². The first kappa shape index (κ1) is 62.6. The number of aromatic amines is 6. The van der Waals surface area contributed by atoms with Gasteiger partial charge >= 0.3 is 32.6 Å². The molecule has 0 unspecified atom stereocenters. The minimum absolute atomic E-state index is 0.0101. The Hall–Kier alpha value is -5.46. The van der Waals surface area contributed by atoms with Gasteiger partial charge in [-0.2, -0.15) is 15.1 Å². The number of nitrogens with one attached hydrogen (secondary N) is 6. The lowest BCUT2D eigenvalue weighted by Crippen LogP contribution is -2.13. The van der Waals surface area contributed by atoms with Crippen LogP contribution in [0.3, 0.4) is 0 Å². The Bertz CT molecular complexity index is 2490. The van der Waals surface area contributed by atoms with Gasteiger partial charge in [0.05, 0.1) is 11.1 Å². The van der Waals surface area contributed by atoms with Gasteiger partial charge in [-0.1, -0.05) is 168 Å². The van der Waals surface area contributed by atoms with Gasteiger partial charge in [-0.05, 0) is 11.5 Å². The highest BCUT2D eigenvalue weighted by atomic mass is 32.1. The molecule has 7 N–H and O–H groups in total. The molecule has 392 valence electrons. The first-order valence-corrected chi connectivity index (χ1v) is 25.3. The topological polar surface area (TPSA) is 308 Å². The molecule has 24 heteroatoms. The number of H-pyrrole nitrogens is 6. The van der Waals surface area contributed by atoms with Gasteiger partial charge in [0.25, 0.3) is 0 Å². The van der Waals surface area contributed by atoms with Crippen molar-refractivity contribution in [1.82, 2.24) is 49.6 Å². The largest absolute Gasteiger partial charge is 0.493 e. The van der Waals surface area contributed by atoms with Crippen LogP contribution in [0.1, 0.15) is 184 Å². The maximum atomic E-state index is 10.7. The van der Waals surface area contributed by atoms with Crippen LogP contribution in [0.2, 0.25) is 0 Å². The van der Waals surface area contributed by atoms with Crippen molar-refractivity contribution in [2.45, 2.75) is 183 Å². The highest BCUT2D eigenvalue weighted by Crippen LogP contribution is 2.28. The van der Waals surface area contributed by atoms with Gasteiger partial charge in [0, 0.05) is 60.1 Å². The summed E-state index contributed by atoms with van der Waals surface area (Å²) in [5, 5.41) is 24.2. The summed E-state index contributed by atoms with van der Waals surface area (Å²) in [6.45, 7) is 42.3. The van der Waals surface area contributed by atoms with E-state index < -0.39 is 11.4 Å². The summed E-state index contributed by atoms with van der Waals surface area (Å²) in [4.78, 5) is 83.0. The minimum Gasteiger partial charge on any atom is -0.493 e. The number of thiazole rings is 3. The van der Waals surface area contributed by atoms with Gasteiger partial charge < -0.3 is 28.4 Å². The number of hydrogen-bond acceptors (Lipinski definition) is 18. The Morgan fingerprint density at radius 1 is 0.486 bits per heavy atom. The molecular formula is C46H74N10O10S4. The maximum absolute atomic E-state index is 10.7. The van der Waals surface area contributed by atoms with E-state index in [0.29, 0.717) is 11.8 Å². The summed E-state index contributed by atoms with van der Waals surface area (Å²) in [6.07, 6.45) is 1.46. The van der Waals surface area contributed by atoms with Crippen molar-refractivity contribution >= 4 is 45.5 Å².